The van der Waals surface area contributed by atoms with Gasteiger partial charge in [0.1, 0.15) is 64.3 Å². The highest BCUT2D eigenvalue weighted by atomic mass is 16.6. The van der Waals surface area contributed by atoms with E-state index in [2.05, 4.69) is 31.9 Å². The van der Waals surface area contributed by atoms with Gasteiger partial charge in [-0.1, -0.05) is 135 Å². The summed E-state index contributed by atoms with van der Waals surface area (Å²) in [6, 6.07) is 33.6. The molecule has 104 heavy (non-hydrogen) atoms. The van der Waals surface area contributed by atoms with Gasteiger partial charge < -0.3 is 60.5 Å². The number of nitrogens with one attached hydrogen (secondary N) is 6. The molecule has 2 aromatic heterocycles. The standard InChI is InChI=1S/C79H98N10O15/c1-49(2)40-61(72(97)98)82-65(90)44-80-67(92)58(41-50-34-36-56(37-35-50)102-76(6,7)8)83-70(95)62(47-101-75(3,4)5)86-68(93)59(42-51-45-88(73(99)103-77(9,10)11)63-33-25-24-32-57(51)63)84-69(94)60(85-71(96)64-38-39-66(91)89(64)74(100)104-78(12,13)14)43-55-46-87(48-81-55)79(52-26-18-15-19-27-52,53-28-20-16-21-29-53)54-30-22-17-23-31-54/h15-37,45-46,48-49,58-62,64H,38-44,47H2,1-14H3,(H,80,92)(H,82,90)(H,83,95)(H,84,94)(H,85,96)(H,86,93)(H,97,98)/t58-,59-,60-,61-,62-,64-/m0/s1. The number of para-hydroxylation sites is 1. The number of carboxylic acids is 1. The maximum Gasteiger partial charge on any atom is 0.419 e. The Labute approximate surface area is 606 Å². The Morgan fingerprint density at radius 3 is 1.59 bits per heavy atom. The topological polar surface area (TPSA) is 326 Å². The third-order valence-corrected chi connectivity index (χ3v) is 16.7. The molecule has 25 nitrogen and oxygen atoms in total. The molecule has 5 aromatic carbocycles. The van der Waals surface area contributed by atoms with E-state index >= 15 is 19.2 Å². The van der Waals surface area contributed by atoms with Crippen LogP contribution in [-0.4, -0.2) is 155 Å². The SMILES string of the molecule is CC(C)C[C@H](NC(=O)CNC(=O)[C@H](Cc1ccc(OC(C)(C)C)cc1)NC(=O)[C@H](COC(C)(C)C)NC(=O)[C@H](Cc1cn(C(=O)OC(C)(C)C)c2ccccc12)NC(=O)[C@H](Cc1cn(C(c2ccccc2)(c2ccccc2)c2ccccc2)cn1)NC(=O)[C@@H]1CCC(=O)N1C(=O)OC(C)(C)C)C(=O)O. The Kier molecular flexibility index (Phi) is 25.5. The van der Waals surface area contributed by atoms with Gasteiger partial charge in [0.2, 0.25) is 41.4 Å². The first-order chi connectivity index (χ1) is 48.9. The van der Waals surface area contributed by atoms with Crippen molar-refractivity contribution < 1.29 is 72.0 Å². The Hall–Kier alpha value is -10.7. The molecule has 0 unspecified atom stereocenters. The van der Waals surface area contributed by atoms with Crippen LogP contribution in [0.25, 0.3) is 10.9 Å². The summed E-state index contributed by atoms with van der Waals surface area (Å²) in [6.07, 6.45) is 1.86. The molecule has 7 N–H and O–H groups in total. The predicted octanol–water partition coefficient (Wildman–Crippen LogP) is 9.08. The molecule has 1 saturated heterocycles. The van der Waals surface area contributed by atoms with Crippen LogP contribution >= 0.6 is 0 Å². The van der Waals surface area contributed by atoms with Crippen LogP contribution in [0.15, 0.2) is 158 Å². The van der Waals surface area contributed by atoms with Gasteiger partial charge in [-0.3, -0.25) is 38.1 Å². The Balaban J connectivity index is 1.21. The highest BCUT2D eigenvalue weighted by Gasteiger charge is 2.45. The number of nitrogens with zero attached hydrogens (tertiary/aromatic N) is 4. The van der Waals surface area contributed by atoms with E-state index in [-0.39, 0.29) is 43.7 Å². The number of carbonyl (C=O) groups excluding carboxylic acids is 9. The summed E-state index contributed by atoms with van der Waals surface area (Å²) in [7, 11) is 0. The van der Waals surface area contributed by atoms with Crippen molar-refractivity contribution in [1.29, 1.82) is 0 Å². The van der Waals surface area contributed by atoms with Crippen LogP contribution in [0.4, 0.5) is 9.59 Å². The maximum atomic E-state index is 15.9. The van der Waals surface area contributed by atoms with Crippen LogP contribution < -0.4 is 36.6 Å². The van der Waals surface area contributed by atoms with E-state index in [0.717, 1.165) is 21.6 Å². The normalized spacial score (nSPS) is 15.0. The van der Waals surface area contributed by atoms with Crippen molar-refractivity contribution >= 4 is 70.4 Å². The third-order valence-electron chi connectivity index (χ3n) is 16.7. The van der Waals surface area contributed by atoms with Crippen molar-refractivity contribution in [3.8, 4) is 5.75 Å². The number of hydrogen-bond donors (Lipinski definition) is 7. The van der Waals surface area contributed by atoms with Gasteiger partial charge in [-0.15, -0.1) is 0 Å². The molecule has 8 rings (SSSR count). The summed E-state index contributed by atoms with van der Waals surface area (Å²) in [5.74, 6) is -7.02. The smallest absolute Gasteiger partial charge is 0.419 e. The minimum atomic E-state index is -1.70. The van der Waals surface area contributed by atoms with Crippen molar-refractivity contribution in [3.63, 3.8) is 0 Å². The average molecular weight is 1430 g/mol. The van der Waals surface area contributed by atoms with Gasteiger partial charge in [0.05, 0.1) is 36.3 Å². The molecule has 8 amide bonds. The zero-order valence-electron chi connectivity index (χ0n) is 61.7. The van der Waals surface area contributed by atoms with E-state index in [0.29, 0.717) is 27.8 Å². The summed E-state index contributed by atoms with van der Waals surface area (Å²) >= 11 is 0. The fourth-order valence-corrected chi connectivity index (χ4v) is 12.2. The number of likely N-dealkylation sites (tertiary alicyclic amines) is 1. The first-order valence-electron chi connectivity index (χ1n) is 34.9. The number of imide groups is 1. The van der Waals surface area contributed by atoms with Crippen molar-refractivity contribution in [2.45, 2.75) is 200 Å². The van der Waals surface area contributed by atoms with Gasteiger partial charge in [0, 0.05) is 43.5 Å². The average Bonchev–Trinajstić information content (AvgIpc) is 1.23. The number of carbonyl (C=O) groups is 10. The largest absolute Gasteiger partial charge is 0.488 e. The number of imidazole rings is 1. The lowest BCUT2D eigenvalue weighted by Crippen LogP contribution is -2.61. The van der Waals surface area contributed by atoms with E-state index in [1.165, 1.54) is 10.8 Å². The molecule has 6 atom stereocenters. The maximum absolute atomic E-state index is 15.9. The number of benzene rings is 5. The van der Waals surface area contributed by atoms with Crippen LogP contribution in [0, 0.1) is 5.92 Å². The van der Waals surface area contributed by atoms with E-state index in [4.69, 9.17) is 23.9 Å². The first-order valence-corrected chi connectivity index (χ1v) is 34.9. The van der Waals surface area contributed by atoms with E-state index in [1.807, 2.05) is 116 Å². The van der Waals surface area contributed by atoms with Crippen molar-refractivity contribution in [2.24, 2.45) is 5.92 Å². The minimum absolute atomic E-state index is 0.102. The molecule has 7 aromatic rings. The molecule has 25 heteroatoms. The number of aromatic nitrogens is 3. The molecule has 0 spiro atoms. The first kappa shape index (κ1) is 79.0. The summed E-state index contributed by atoms with van der Waals surface area (Å²) < 4.78 is 26.9. The van der Waals surface area contributed by atoms with Crippen molar-refractivity contribution in [2.75, 3.05) is 13.2 Å². The number of amides is 8. The van der Waals surface area contributed by atoms with Crippen LogP contribution in [0.2, 0.25) is 0 Å². The second-order valence-corrected chi connectivity index (χ2v) is 30.3. The Morgan fingerprint density at radius 2 is 1.06 bits per heavy atom. The van der Waals surface area contributed by atoms with Crippen LogP contribution in [-0.2, 0) is 77.4 Å². The van der Waals surface area contributed by atoms with Gasteiger partial charge >= 0.3 is 18.2 Å². The quantitative estimate of drug-likeness (QED) is 0.0225. The summed E-state index contributed by atoms with van der Waals surface area (Å²) in [6.45, 7) is 23.1. The van der Waals surface area contributed by atoms with Crippen LogP contribution in [0.3, 0.4) is 0 Å². The van der Waals surface area contributed by atoms with Crippen molar-refractivity contribution in [1.82, 2.24) is 50.9 Å². The summed E-state index contributed by atoms with van der Waals surface area (Å²) in [5, 5.41) is 26.6. The molecular weight excluding hydrogens is 1330 g/mol. The van der Waals surface area contributed by atoms with Gasteiger partial charge in [-0.05, 0) is 148 Å². The van der Waals surface area contributed by atoms with Gasteiger partial charge in [0.25, 0.3) is 0 Å². The number of hydrogen-bond acceptors (Lipinski definition) is 15. The van der Waals surface area contributed by atoms with E-state index < -0.39 is 143 Å². The molecule has 1 fully saturated rings. The number of aliphatic carboxylic acids is 1. The Morgan fingerprint density at radius 1 is 0.548 bits per heavy atom. The molecular formula is C79H98N10O15. The Bertz CT molecular complexity index is 4090. The summed E-state index contributed by atoms with van der Waals surface area (Å²) in [5.41, 5.74) is -0.524. The lowest BCUT2D eigenvalue weighted by Gasteiger charge is -2.37. The highest BCUT2D eigenvalue weighted by Crippen LogP contribution is 2.41. The lowest BCUT2D eigenvalue weighted by molar-refractivity contribution is -0.142. The van der Waals surface area contributed by atoms with Gasteiger partial charge in [0.15, 0.2) is 0 Å². The second-order valence-electron chi connectivity index (χ2n) is 30.3. The molecule has 1 aliphatic heterocycles. The molecule has 554 valence electrons. The third kappa shape index (κ3) is 21.5. The minimum Gasteiger partial charge on any atom is -0.488 e. The molecule has 0 saturated carbocycles. The van der Waals surface area contributed by atoms with E-state index in [9.17, 15) is 33.9 Å². The fourth-order valence-electron chi connectivity index (χ4n) is 12.2. The zero-order chi connectivity index (χ0) is 76.1. The van der Waals surface area contributed by atoms with Gasteiger partial charge in [-0.2, -0.15) is 0 Å². The van der Waals surface area contributed by atoms with E-state index in [1.54, 1.807) is 137 Å². The summed E-state index contributed by atoms with van der Waals surface area (Å²) in [4.78, 5) is 149. The number of carboxylic acid groups (broad SMARTS) is 1. The monoisotopic (exact) mass is 1430 g/mol. The zero-order valence-corrected chi connectivity index (χ0v) is 61.7. The molecule has 1 aliphatic rings. The predicted molar refractivity (Wildman–Crippen MR) is 390 cm³/mol. The van der Waals surface area contributed by atoms with Crippen LogP contribution in [0.1, 0.15) is 150 Å². The fraction of sp³-hybridized carbons (Fsp3) is 0.430. The molecule has 0 radical (unpaired) electrons. The van der Waals surface area contributed by atoms with Crippen molar-refractivity contribution in [3.05, 3.63) is 192 Å². The molecule has 0 aliphatic carbocycles. The molecule has 0 bridgehead atoms. The number of rotatable bonds is 28. The van der Waals surface area contributed by atoms with Crippen LogP contribution in [0.5, 0.6) is 5.75 Å². The molecule has 3 heterocycles. The second kappa shape index (κ2) is 33.6. The number of ether oxygens (including phenoxy) is 4. The highest BCUT2D eigenvalue weighted by molar-refractivity contribution is 6.02. The lowest BCUT2D eigenvalue weighted by atomic mass is 9.77. The number of fused-ring (bicyclic) bond motifs is 1. The van der Waals surface area contributed by atoms with Gasteiger partial charge in [-0.25, -0.2) is 24.3 Å².